The highest BCUT2D eigenvalue weighted by atomic mass is 79.9. The van der Waals surface area contributed by atoms with Crippen LogP contribution < -0.4 is 5.32 Å². The molecule has 1 aliphatic rings. The van der Waals surface area contributed by atoms with Crippen LogP contribution in [-0.2, 0) is 4.79 Å². The van der Waals surface area contributed by atoms with Gasteiger partial charge in [0.05, 0.1) is 5.69 Å². The fourth-order valence-corrected chi connectivity index (χ4v) is 3.07. The summed E-state index contributed by atoms with van der Waals surface area (Å²) in [7, 11) is 0. The van der Waals surface area contributed by atoms with Crippen molar-refractivity contribution in [1.82, 2.24) is 4.90 Å². The molecule has 1 aromatic rings. The highest BCUT2D eigenvalue weighted by molar-refractivity contribution is 9.10. The number of aliphatic carboxylic acids is 1. The molecule has 1 atom stereocenters. The number of rotatable bonds is 2. The third kappa shape index (κ3) is 2.76. The van der Waals surface area contributed by atoms with Crippen molar-refractivity contribution < 1.29 is 14.7 Å². The number of likely N-dealkylation sites (tertiary alicyclic amines) is 1. The quantitative estimate of drug-likeness (QED) is 0.846. The second-order valence-corrected chi connectivity index (χ2v) is 6.18. The summed E-state index contributed by atoms with van der Waals surface area (Å²) in [5.41, 5.74) is -0.595. The van der Waals surface area contributed by atoms with Crippen LogP contribution >= 0.6 is 27.5 Å². The molecule has 0 radical (unpaired) electrons. The Morgan fingerprint density at radius 3 is 2.80 bits per heavy atom. The Morgan fingerprint density at radius 1 is 1.50 bits per heavy atom. The molecule has 2 N–H and O–H groups in total. The van der Waals surface area contributed by atoms with Gasteiger partial charge in [0.1, 0.15) is 5.54 Å². The van der Waals surface area contributed by atoms with Crippen LogP contribution in [-0.4, -0.2) is 34.1 Å². The minimum absolute atomic E-state index is 0.421. The molecule has 5 nitrogen and oxygen atoms in total. The SMILES string of the molecule is CC1(C(=O)O)CCCN1C(=O)Nc1ccc(Cl)cc1Br. The molecule has 1 unspecified atom stereocenters. The third-order valence-electron chi connectivity index (χ3n) is 3.52. The van der Waals surface area contributed by atoms with Gasteiger partial charge in [0.2, 0.25) is 0 Å². The maximum Gasteiger partial charge on any atom is 0.329 e. The summed E-state index contributed by atoms with van der Waals surface area (Å²) in [5.74, 6) is -0.986. The molecule has 108 valence electrons. The van der Waals surface area contributed by atoms with Crippen LogP contribution in [0.2, 0.25) is 5.02 Å². The van der Waals surface area contributed by atoms with Gasteiger partial charge in [0, 0.05) is 16.0 Å². The van der Waals surface area contributed by atoms with Crippen LogP contribution in [0, 0.1) is 0 Å². The standard InChI is InChI=1S/C13H14BrClN2O3/c1-13(11(18)19)5-2-6-17(13)12(20)16-10-4-3-8(15)7-9(10)14/h3-4,7H,2,5-6H2,1H3,(H,16,20)(H,18,19). The van der Waals surface area contributed by atoms with Gasteiger partial charge >= 0.3 is 12.0 Å². The fourth-order valence-electron chi connectivity index (χ4n) is 2.28. The lowest BCUT2D eigenvalue weighted by Gasteiger charge is -2.31. The zero-order valence-electron chi connectivity index (χ0n) is 10.8. The van der Waals surface area contributed by atoms with Crippen molar-refractivity contribution in [3.63, 3.8) is 0 Å². The number of anilines is 1. The zero-order chi connectivity index (χ0) is 14.9. The molecule has 0 saturated carbocycles. The molecule has 1 fully saturated rings. The average Bonchev–Trinajstić information content (AvgIpc) is 2.76. The van der Waals surface area contributed by atoms with Crippen LogP contribution in [0.25, 0.3) is 0 Å². The van der Waals surface area contributed by atoms with Gasteiger partial charge in [0.25, 0.3) is 0 Å². The highest BCUT2D eigenvalue weighted by Gasteiger charge is 2.46. The number of carboxylic acids is 1. The molecule has 1 aromatic carbocycles. The van der Waals surface area contributed by atoms with Gasteiger partial charge in [0.15, 0.2) is 0 Å². The molecular formula is C13H14BrClN2O3. The number of hydrogen-bond acceptors (Lipinski definition) is 2. The molecule has 0 aromatic heterocycles. The lowest BCUT2D eigenvalue weighted by molar-refractivity contribution is -0.146. The van der Waals surface area contributed by atoms with E-state index in [-0.39, 0.29) is 0 Å². The largest absolute Gasteiger partial charge is 0.480 e. The first-order chi connectivity index (χ1) is 9.34. The van der Waals surface area contributed by atoms with E-state index >= 15 is 0 Å². The normalized spacial score (nSPS) is 21.9. The summed E-state index contributed by atoms with van der Waals surface area (Å²) in [6.45, 7) is 2.00. The first-order valence-corrected chi connectivity index (χ1v) is 7.29. The third-order valence-corrected chi connectivity index (χ3v) is 4.41. The number of nitrogens with one attached hydrogen (secondary N) is 1. The average molecular weight is 362 g/mol. The predicted octanol–water partition coefficient (Wildman–Crippen LogP) is 3.57. The van der Waals surface area contributed by atoms with Crippen molar-refractivity contribution >= 4 is 45.2 Å². The topological polar surface area (TPSA) is 69.6 Å². The summed E-state index contributed by atoms with van der Waals surface area (Å²) < 4.78 is 0.648. The van der Waals surface area contributed by atoms with Gasteiger partial charge in [-0.05, 0) is 53.9 Å². The highest BCUT2D eigenvalue weighted by Crippen LogP contribution is 2.31. The molecule has 0 aliphatic carbocycles. The molecule has 0 bridgehead atoms. The van der Waals surface area contributed by atoms with Crippen LogP contribution in [0.3, 0.4) is 0 Å². The maximum absolute atomic E-state index is 12.3. The molecule has 1 saturated heterocycles. The van der Waals surface area contributed by atoms with Gasteiger partial charge in [-0.15, -0.1) is 0 Å². The fraction of sp³-hybridized carbons (Fsp3) is 0.385. The van der Waals surface area contributed by atoms with E-state index in [2.05, 4.69) is 21.2 Å². The first kappa shape index (κ1) is 15.1. The Balaban J connectivity index is 2.18. The van der Waals surface area contributed by atoms with E-state index in [1.54, 1.807) is 25.1 Å². The number of benzene rings is 1. The van der Waals surface area contributed by atoms with Gasteiger partial charge in [-0.3, -0.25) is 0 Å². The van der Waals surface area contributed by atoms with Crippen LogP contribution in [0.5, 0.6) is 0 Å². The maximum atomic E-state index is 12.3. The van der Waals surface area contributed by atoms with E-state index in [4.69, 9.17) is 11.6 Å². The Kier molecular flexibility index (Phi) is 4.25. The van der Waals surface area contributed by atoms with Crippen molar-refractivity contribution in [2.45, 2.75) is 25.3 Å². The number of halogens is 2. The Bertz CT molecular complexity index is 567. The Hall–Kier alpha value is -1.27. The lowest BCUT2D eigenvalue weighted by Crippen LogP contribution is -2.52. The van der Waals surface area contributed by atoms with Crippen molar-refractivity contribution in [3.05, 3.63) is 27.7 Å². The van der Waals surface area contributed by atoms with E-state index in [1.165, 1.54) is 4.90 Å². The molecule has 2 amide bonds. The van der Waals surface area contributed by atoms with E-state index < -0.39 is 17.5 Å². The molecule has 1 heterocycles. The van der Waals surface area contributed by atoms with Gasteiger partial charge < -0.3 is 15.3 Å². The van der Waals surface area contributed by atoms with E-state index in [0.717, 1.165) is 0 Å². The van der Waals surface area contributed by atoms with Crippen LogP contribution in [0.1, 0.15) is 19.8 Å². The van der Waals surface area contributed by atoms with Crippen LogP contribution in [0.15, 0.2) is 22.7 Å². The van der Waals surface area contributed by atoms with E-state index in [1.807, 2.05) is 0 Å². The van der Waals surface area contributed by atoms with Gasteiger partial charge in [-0.25, -0.2) is 9.59 Å². The summed E-state index contributed by atoms with van der Waals surface area (Å²) in [4.78, 5) is 25.0. The molecule has 0 spiro atoms. The minimum atomic E-state index is -1.15. The van der Waals surface area contributed by atoms with Gasteiger partial charge in [-0.1, -0.05) is 11.6 Å². The second-order valence-electron chi connectivity index (χ2n) is 4.89. The molecule has 7 heteroatoms. The molecule has 20 heavy (non-hydrogen) atoms. The van der Waals surface area contributed by atoms with Crippen molar-refractivity contribution in [2.24, 2.45) is 0 Å². The molecule has 2 rings (SSSR count). The number of urea groups is 1. The number of nitrogens with zero attached hydrogens (tertiary/aromatic N) is 1. The first-order valence-electron chi connectivity index (χ1n) is 6.11. The van der Waals surface area contributed by atoms with Gasteiger partial charge in [-0.2, -0.15) is 0 Å². The van der Waals surface area contributed by atoms with Crippen molar-refractivity contribution in [3.8, 4) is 0 Å². The number of amides is 2. The number of carbonyl (C=O) groups is 2. The van der Waals surface area contributed by atoms with Crippen molar-refractivity contribution in [1.29, 1.82) is 0 Å². The monoisotopic (exact) mass is 360 g/mol. The van der Waals surface area contributed by atoms with Crippen molar-refractivity contribution in [2.75, 3.05) is 11.9 Å². The summed E-state index contributed by atoms with van der Waals surface area (Å²) in [6, 6.07) is 4.56. The summed E-state index contributed by atoms with van der Waals surface area (Å²) in [6.07, 6.45) is 1.13. The minimum Gasteiger partial charge on any atom is -0.480 e. The zero-order valence-corrected chi connectivity index (χ0v) is 13.2. The molecule has 1 aliphatic heterocycles. The number of carboxylic acid groups (broad SMARTS) is 1. The number of carbonyl (C=O) groups excluding carboxylic acids is 1. The summed E-state index contributed by atoms with van der Waals surface area (Å²) in [5, 5.41) is 12.6. The predicted molar refractivity (Wildman–Crippen MR) is 80.2 cm³/mol. The summed E-state index contributed by atoms with van der Waals surface area (Å²) >= 11 is 9.14. The van der Waals surface area contributed by atoms with Crippen LogP contribution in [0.4, 0.5) is 10.5 Å². The Morgan fingerprint density at radius 2 is 2.20 bits per heavy atom. The Labute approximate surface area is 130 Å². The lowest BCUT2D eigenvalue weighted by atomic mass is 10.00. The smallest absolute Gasteiger partial charge is 0.329 e. The number of hydrogen-bond donors (Lipinski definition) is 2. The van der Waals surface area contributed by atoms with E-state index in [0.29, 0.717) is 34.6 Å². The second kappa shape index (κ2) is 5.61. The molecular weight excluding hydrogens is 348 g/mol. The van der Waals surface area contributed by atoms with E-state index in [9.17, 15) is 14.7 Å².